The number of benzene rings is 1. The quantitative estimate of drug-likeness (QED) is 0.754. The summed E-state index contributed by atoms with van der Waals surface area (Å²) in [5.74, 6) is 0.913. The van der Waals surface area contributed by atoms with Gasteiger partial charge in [-0.2, -0.15) is 0 Å². The van der Waals surface area contributed by atoms with Crippen LogP contribution in [-0.2, 0) is 11.2 Å². The highest BCUT2D eigenvalue weighted by Gasteiger charge is 2.41. The fraction of sp³-hybridized carbons (Fsp3) is 0.647. The topological polar surface area (TPSA) is 30.5 Å². The van der Waals surface area contributed by atoms with Crippen molar-refractivity contribution in [2.45, 2.75) is 39.2 Å². The highest BCUT2D eigenvalue weighted by atomic mass is 79.9. The molecule has 3 nitrogen and oxygen atoms in total. The predicted molar refractivity (Wildman–Crippen MR) is 90.0 cm³/mol. The molecule has 1 aromatic carbocycles. The van der Waals surface area contributed by atoms with E-state index in [9.17, 15) is 0 Å². The molecule has 1 N–H and O–H groups in total. The molecule has 0 radical (unpaired) electrons. The Hall–Kier alpha value is -0.580. The molecule has 1 fully saturated rings. The van der Waals surface area contributed by atoms with Crippen molar-refractivity contribution in [3.05, 3.63) is 28.2 Å². The molecular weight excluding hydrogens is 330 g/mol. The van der Waals surface area contributed by atoms with Crippen LogP contribution in [0.2, 0.25) is 0 Å². The molecule has 118 valence electrons. The van der Waals surface area contributed by atoms with Gasteiger partial charge in [0.15, 0.2) is 0 Å². The lowest BCUT2D eigenvalue weighted by Crippen LogP contribution is -2.41. The highest BCUT2D eigenvalue weighted by molar-refractivity contribution is 9.10. The molecule has 0 aliphatic carbocycles. The van der Waals surface area contributed by atoms with Gasteiger partial charge in [0.1, 0.15) is 5.75 Å². The van der Waals surface area contributed by atoms with E-state index in [-0.39, 0.29) is 11.5 Å². The molecule has 4 heteroatoms. The minimum absolute atomic E-state index is 0.171. The van der Waals surface area contributed by atoms with Gasteiger partial charge in [0.25, 0.3) is 0 Å². The fourth-order valence-electron chi connectivity index (χ4n) is 3.05. The Labute approximate surface area is 136 Å². The average Bonchev–Trinajstić information content (AvgIpc) is 2.83. The Morgan fingerprint density at radius 2 is 2.29 bits per heavy atom. The molecule has 2 rings (SSSR count). The van der Waals surface area contributed by atoms with Gasteiger partial charge in [-0.3, -0.25) is 0 Å². The lowest BCUT2D eigenvalue weighted by atomic mass is 9.76. The molecule has 1 aromatic rings. The molecule has 1 aliphatic heterocycles. The maximum Gasteiger partial charge on any atom is 0.119 e. The first kappa shape index (κ1) is 16.8. The molecule has 1 aliphatic rings. The summed E-state index contributed by atoms with van der Waals surface area (Å²) in [6.45, 7) is 7.33. The third kappa shape index (κ3) is 3.99. The smallest absolute Gasteiger partial charge is 0.119 e. The highest BCUT2D eigenvalue weighted by Crippen LogP contribution is 2.40. The molecule has 0 saturated carbocycles. The summed E-state index contributed by atoms with van der Waals surface area (Å²) in [5, 5.41) is 3.59. The summed E-state index contributed by atoms with van der Waals surface area (Å²) in [6.07, 6.45) is 3.55. The largest absolute Gasteiger partial charge is 0.497 e. The third-order valence-corrected chi connectivity index (χ3v) is 5.30. The SMILES string of the molecule is CCCNCC1(Cc2cc(OC)ccc2Br)CCOC1C. The van der Waals surface area contributed by atoms with E-state index >= 15 is 0 Å². The van der Waals surface area contributed by atoms with Crippen molar-refractivity contribution in [3.8, 4) is 5.75 Å². The van der Waals surface area contributed by atoms with E-state index in [1.54, 1.807) is 7.11 Å². The Balaban J connectivity index is 2.18. The van der Waals surface area contributed by atoms with Crippen LogP contribution in [0.15, 0.2) is 22.7 Å². The summed E-state index contributed by atoms with van der Waals surface area (Å²) in [5.41, 5.74) is 1.47. The van der Waals surface area contributed by atoms with Crippen molar-refractivity contribution in [2.75, 3.05) is 26.8 Å². The van der Waals surface area contributed by atoms with E-state index in [4.69, 9.17) is 9.47 Å². The summed E-state index contributed by atoms with van der Waals surface area (Å²) < 4.78 is 12.4. The first-order valence-corrected chi connectivity index (χ1v) is 8.55. The molecule has 1 saturated heterocycles. The number of ether oxygens (including phenoxy) is 2. The van der Waals surface area contributed by atoms with E-state index < -0.39 is 0 Å². The van der Waals surface area contributed by atoms with Crippen molar-refractivity contribution in [1.29, 1.82) is 0 Å². The average molecular weight is 356 g/mol. The van der Waals surface area contributed by atoms with Crippen LogP contribution in [0.4, 0.5) is 0 Å². The lowest BCUT2D eigenvalue weighted by molar-refractivity contribution is 0.0630. The van der Waals surface area contributed by atoms with Gasteiger partial charge in [-0.1, -0.05) is 22.9 Å². The van der Waals surface area contributed by atoms with Gasteiger partial charge in [0.05, 0.1) is 13.2 Å². The molecule has 21 heavy (non-hydrogen) atoms. The first-order chi connectivity index (χ1) is 10.1. The van der Waals surface area contributed by atoms with Crippen LogP contribution in [-0.4, -0.2) is 32.9 Å². The van der Waals surface area contributed by atoms with Crippen molar-refractivity contribution in [1.82, 2.24) is 5.32 Å². The van der Waals surface area contributed by atoms with Crippen LogP contribution >= 0.6 is 15.9 Å². The number of nitrogens with one attached hydrogen (secondary N) is 1. The van der Waals surface area contributed by atoms with E-state index in [0.29, 0.717) is 0 Å². The minimum Gasteiger partial charge on any atom is -0.497 e. The van der Waals surface area contributed by atoms with Crippen molar-refractivity contribution in [3.63, 3.8) is 0 Å². The minimum atomic E-state index is 0.171. The first-order valence-electron chi connectivity index (χ1n) is 7.76. The lowest BCUT2D eigenvalue weighted by Gasteiger charge is -2.33. The maximum absolute atomic E-state index is 5.88. The number of halogens is 1. The number of rotatable bonds is 7. The Bertz CT molecular complexity index is 466. The second-order valence-corrected chi connectivity index (χ2v) is 6.79. The Kier molecular flexibility index (Phi) is 6.08. The zero-order valence-electron chi connectivity index (χ0n) is 13.2. The Morgan fingerprint density at radius 3 is 2.90 bits per heavy atom. The van der Waals surface area contributed by atoms with Crippen LogP contribution in [0.5, 0.6) is 5.75 Å². The second-order valence-electron chi connectivity index (χ2n) is 5.94. The fourth-order valence-corrected chi connectivity index (χ4v) is 3.44. The zero-order chi connectivity index (χ0) is 15.3. The molecular formula is C17H26BrNO2. The van der Waals surface area contributed by atoms with Gasteiger partial charge in [-0.25, -0.2) is 0 Å². The van der Waals surface area contributed by atoms with Crippen molar-refractivity contribution >= 4 is 15.9 Å². The predicted octanol–water partition coefficient (Wildman–Crippen LogP) is 3.80. The molecule has 2 unspecified atom stereocenters. The van der Waals surface area contributed by atoms with Crippen LogP contribution in [0.25, 0.3) is 0 Å². The summed E-state index contributed by atoms with van der Waals surface area (Å²) in [7, 11) is 1.72. The van der Waals surface area contributed by atoms with E-state index in [2.05, 4.69) is 47.2 Å². The standard InChI is InChI=1S/C17H26BrNO2/c1-4-8-19-12-17(7-9-21-13(17)2)11-14-10-15(20-3)5-6-16(14)18/h5-6,10,13,19H,4,7-9,11-12H2,1-3H3. The van der Waals surface area contributed by atoms with Crippen molar-refractivity contribution in [2.24, 2.45) is 5.41 Å². The second kappa shape index (κ2) is 7.61. The van der Waals surface area contributed by atoms with Crippen LogP contribution in [0.3, 0.4) is 0 Å². The Morgan fingerprint density at radius 1 is 1.48 bits per heavy atom. The maximum atomic E-state index is 5.88. The van der Waals surface area contributed by atoms with Gasteiger partial charge in [-0.15, -0.1) is 0 Å². The molecule has 1 heterocycles. The molecule has 0 aromatic heterocycles. The van der Waals surface area contributed by atoms with Crippen LogP contribution in [0.1, 0.15) is 32.3 Å². The van der Waals surface area contributed by atoms with Crippen LogP contribution in [0, 0.1) is 5.41 Å². The zero-order valence-corrected chi connectivity index (χ0v) is 14.8. The van der Waals surface area contributed by atoms with Gasteiger partial charge in [0.2, 0.25) is 0 Å². The normalized spacial score (nSPS) is 25.2. The van der Waals surface area contributed by atoms with E-state index in [1.165, 1.54) is 5.56 Å². The number of hydrogen-bond donors (Lipinski definition) is 1. The van der Waals surface area contributed by atoms with Gasteiger partial charge < -0.3 is 14.8 Å². The van der Waals surface area contributed by atoms with E-state index in [0.717, 1.165) is 49.2 Å². The summed E-state index contributed by atoms with van der Waals surface area (Å²) in [4.78, 5) is 0. The summed E-state index contributed by atoms with van der Waals surface area (Å²) in [6, 6.07) is 6.20. The monoisotopic (exact) mass is 355 g/mol. The molecule has 2 atom stereocenters. The molecule has 0 spiro atoms. The number of hydrogen-bond acceptors (Lipinski definition) is 3. The molecule has 0 bridgehead atoms. The third-order valence-electron chi connectivity index (χ3n) is 4.53. The van der Waals surface area contributed by atoms with Gasteiger partial charge in [-0.05, 0) is 56.5 Å². The molecule has 0 amide bonds. The van der Waals surface area contributed by atoms with Gasteiger partial charge in [0, 0.05) is 23.0 Å². The van der Waals surface area contributed by atoms with Crippen LogP contribution < -0.4 is 10.1 Å². The number of methoxy groups -OCH3 is 1. The summed E-state index contributed by atoms with van der Waals surface area (Å²) >= 11 is 3.68. The van der Waals surface area contributed by atoms with Gasteiger partial charge >= 0.3 is 0 Å². The van der Waals surface area contributed by atoms with E-state index in [1.807, 2.05) is 6.07 Å². The van der Waals surface area contributed by atoms with Crippen molar-refractivity contribution < 1.29 is 9.47 Å².